The van der Waals surface area contributed by atoms with Crippen LogP contribution in [0.3, 0.4) is 0 Å². The fourth-order valence-electron chi connectivity index (χ4n) is 1.90. The van der Waals surface area contributed by atoms with Crippen molar-refractivity contribution >= 4 is 11.8 Å². The van der Waals surface area contributed by atoms with E-state index in [4.69, 9.17) is 5.73 Å². The van der Waals surface area contributed by atoms with Crippen LogP contribution in [0.2, 0.25) is 0 Å². The van der Waals surface area contributed by atoms with E-state index >= 15 is 0 Å². The average molecular weight is 251 g/mol. The lowest BCUT2D eigenvalue weighted by Crippen LogP contribution is -2.30. The maximum atomic E-state index is 9.65. The van der Waals surface area contributed by atoms with Crippen molar-refractivity contribution in [2.45, 2.75) is 31.9 Å². The summed E-state index contributed by atoms with van der Waals surface area (Å²) in [6.07, 6.45) is 2.72. The molecule has 1 aliphatic heterocycles. The van der Waals surface area contributed by atoms with Gasteiger partial charge in [-0.05, 0) is 26.3 Å². The number of hydrogen-bond acceptors (Lipinski definition) is 6. The number of rotatable bonds is 4. The molecule has 2 rings (SSSR count). The van der Waals surface area contributed by atoms with Crippen molar-refractivity contribution in [3.63, 3.8) is 0 Å². The number of nitrogens with one attached hydrogen (secondary N) is 1. The summed E-state index contributed by atoms with van der Waals surface area (Å²) in [7, 11) is 0. The van der Waals surface area contributed by atoms with E-state index < -0.39 is 5.60 Å². The summed E-state index contributed by atoms with van der Waals surface area (Å²) in [5.41, 5.74) is 5.10. The zero-order valence-electron chi connectivity index (χ0n) is 10.9. The van der Waals surface area contributed by atoms with E-state index in [2.05, 4.69) is 20.2 Å². The lowest BCUT2D eigenvalue weighted by Gasteiger charge is -2.19. The smallest absolute Gasteiger partial charge is 0.224 e. The van der Waals surface area contributed by atoms with Crippen LogP contribution in [-0.2, 0) is 0 Å². The number of hydrogen-bond donors (Lipinski definition) is 3. The number of nitrogens with zero attached hydrogens (tertiary/aromatic N) is 3. The Balaban J connectivity index is 2.01. The number of aromatic nitrogens is 2. The Morgan fingerprint density at radius 2 is 2.39 bits per heavy atom. The van der Waals surface area contributed by atoms with E-state index in [0.29, 0.717) is 12.5 Å². The van der Waals surface area contributed by atoms with Crippen molar-refractivity contribution in [3.8, 4) is 0 Å². The molecule has 100 valence electrons. The van der Waals surface area contributed by atoms with Gasteiger partial charge in [-0.25, -0.2) is 4.98 Å². The third-order valence-electron chi connectivity index (χ3n) is 2.87. The minimum Gasteiger partial charge on any atom is -0.389 e. The van der Waals surface area contributed by atoms with Crippen LogP contribution >= 0.6 is 0 Å². The molecule has 1 aliphatic rings. The fraction of sp³-hybridized carbons (Fsp3) is 0.667. The molecule has 6 nitrogen and oxygen atoms in total. The third kappa shape index (κ3) is 3.54. The molecule has 1 saturated heterocycles. The van der Waals surface area contributed by atoms with Crippen molar-refractivity contribution in [3.05, 3.63) is 12.3 Å². The molecule has 1 fully saturated rings. The van der Waals surface area contributed by atoms with Crippen molar-refractivity contribution in [2.24, 2.45) is 5.73 Å². The van der Waals surface area contributed by atoms with Crippen LogP contribution in [0.15, 0.2) is 12.3 Å². The largest absolute Gasteiger partial charge is 0.389 e. The summed E-state index contributed by atoms with van der Waals surface area (Å²) in [4.78, 5) is 10.7. The second-order valence-electron chi connectivity index (χ2n) is 5.40. The molecule has 0 aromatic carbocycles. The van der Waals surface area contributed by atoms with E-state index in [0.717, 1.165) is 25.3 Å². The van der Waals surface area contributed by atoms with Crippen LogP contribution in [0.5, 0.6) is 0 Å². The van der Waals surface area contributed by atoms with E-state index in [1.54, 1.807) is 20.0 Å². The highest BCUT2D eigenvalue weighted by Crippen LogP contribution is 2.18. The van der Waals surface area contributed by atoms with Gasteiger partial charge in [0, 0.05) is 31.9 Å². The van der Waals surface area contributed by atoms with E-state index in [1.165, 1.54) is 0 Å². The van der Waals surface area contributed by atoms with Crippen LogP contribution in [0.1, 0.15) is 20.3 Å². The van der Waals surface area contributed by atoms with Gasteiger partial charge in [0.15, 0.2) is 0 Å². The van der Waals surface area contributed by atoms with Gasteiger partial charge in [-0.15, -0.1) is 0 Å². The molecule has 0 aliphatic carbocycles. The van der Waals surface area contributed by atoms with Gasteiger partial charge < -0.3 is 21.1 Å². The van der Waals surface area contributed by atoms with Crippen LogP contribution in [-0.4, -0.2) is 46.4 Å². The summed E-state index contributed by atoms with van der Waals surface area (Å²) in [6, 6.07) is 2.11. The van der Waals surface area contributed by atoms with E-state index in [9.17, 15) is 5.11 Å². The van der Waals surface area contributed by atoms with E-state index in [1.807, 2.05) is 6.07 Å². The highest BCUT2D eigenvalue weighted by molar-refractivity contribution is 5.43. The van der Waals surface area contributed by atoms with E-state index in [-0.39, 0.29) is 6.04 Å². The molecule has 6 heteroatoms. The SMILES string of the molecule is CC(C)(O)CNc1nccc(N2CC[C@H](N)C2)n1. The van der Waals surface area contributed by atoms with Crippen molar-refractivity contribution in [2.75, 3.05) is 29.9 Å². The molecular formula is C12H21N5O. The lowest BCUT2D eigenvalue weighted by molar-refractivity contribution is 0.0943. The van der Waals surface area contributed by atoms with Gasteiger partial charge in [-0.2, -0.15) is 4.98 Å². The highest BCUT2D eigenvalue weighted by Gasteiger charge is 2.20. The van der Waals surface area contributed by atoms with Gasteiger partial charge >= 0.3 is 0 Å². The van der Waals surface area contributed by atoms with Crippen LogP contribution in [0, 0.1) is 0 Å². The topological polar surface area (TPSA) is 87.3 Å². The molecule has 0 spiro atoms. The van der Waals surface area contributed by atoms with Gasteiger partial charge in [0.05, 0.1) is 5.60 Å². The standard InChI is InChI=1S/C12H21N5O/c1-12(2,18)8-15-11-14-5-3-10(16-11)17-6-4-9(13)7-17/h3,5,9,18H,4,6-8,13H2,1-2H3,(H,14,15,16)/t9-/m0/s1. The zero-order chi connectivity index (χ0) is 13.2. The molecule has 0 saturated carbocycles. The highest BCUT2D eigenvalue weighted by atomic mass is 16.3. The Morgan fingerprint density at radius 3 is 3.00 bits per heavy atom. The first kappa shape index (κ1) is 13.0. The quantitative estimate of drug-likeness (QED) is 0.708. The monoisotopic (exact) mass is 251 g/mol. The zero-order valence-corrected chi connectivity index (χ0v) is 10.9. The fourth-order valence-corrected chi connectivity index (χ4v) is 1.90. The molecule has 0 bridgehead atoms. The lowest BCUT2D eigenvalue weighted by atomic mass is 10.1. The Kier molecular flexibility index (Phi) is 3.68. The summed E-state index contributed by atoms with van der Waals surface area (Å²) < 4.78 is 0. The van der Waals surface area contributed by atoms with Gasteiger partial charge in [0.25, 0.3) is 0 Å². The molecule has 18 heavy (non-hydrogen) atoms. The predicted octanol–water partition coefficient (Wildman–Crippen LogP) is 0.197. The van der Waals surface area contributed by atoms with Crippen molar-refractivity contribution < 1.29 is 5.11 Å². The molecule has 1 aromatic heterocycles. The molecule has 1 aromatic rings. The Hall–Kier alpha value is -1.40. The number of anilines is 2. The minimum absolute atomic E-state index is 0.229. The molecular weight excluding hydrogens is 230 g/mol. The van der Waals surface area contributed by atoms with Crippen molar-refractivity contribution in [1.82, 2.24) is 9.97 Å². The number of nitrogens with two attached hydrogens (primary N) is 1. The second-order valence-corrected chi connectivity index (χ2v) is 5.40. The molecule has 4 N–H and O–H groups in total. The molecule has 1 atom stereocenters. The van der Waals surface area contributed by atoms with Gasteiger partial charge in [0.1, 0.15) is 5.82 Å². The molecule has 0 radical (unpaired) electrons. The molecule has 2 heterocycles. The maximum absolute atomic E-state index is 9.65. The normalized spacial score (nSPS) is 20.2. The van der Waals surface area contributed by atoms with Gasteiger partial charge in [0.2, 0.25) is 5.95 Å². The number of aliphatic hydroxyl groups is 1. The summed E-state index contributed by atoms with van der Waals surface area (Å²) in [6.45, 7) is 5.66. The van der Waals surface area contributed by atoms with Crippen LogP contribution in [0.4, 0.5) is 11.8 Å². The first-order chi connectivity index (χ1) is 8.44. The third-order valence-corrected chi connectivity index (χ3v) is 2.87. The predicted molar refractivity (Wildman–Crippen MR) is 71.6 cm³/mol. The Labute approximate surface area is 107 Å². The van der Waals surface area contributed by atoms with Crippen LogP contribution < -0.4 is 16.0 Å². The summed E-state index contributed by atoms with van der Waals surface area (Å²) in [5.74, 6) is 1.42. The van der Waals surface area contributed by atoms with Gasteiger partial charge in [-0.3, -0.25) is 0 Å². The Bertz CT molecular complexity index is 404. The summed E-state index contributed by atoms with van der Waals surface area (Å²) >= 11 is 0. The Morgan fingerprint density at radius 1 is 1.61 bits per heavy atom. The average Bonchev–Trinajstić information content (AvgIpc) is 2.73. The van der Waals surface area contributed by atoms with Crippen LogP contribution in [0.25, 0.3) is 0 Å². The summed E-state index contributed by atoms with van der Waals surface area (Å²) in [5, 5.41) is 12.7. The molecule has 0 unspecified atom stereocenters. The minimum atomic E-state index is -0.782. The van der Waals surface area contributed by atoms with Crippen molar-refractivity contribution in [1.29, 1.82) is 0 Å². The molecule has 0 amide bonds. The first-order valence-corrected chi connectivity index (χ1v) is 6.24. The second kappa shape index (κ2) is 5.07. The van der Waals surface area contributed by atoms with Gasteiger partial charge in [-0.1, -0.05) is 0 Å². The maximum Gasteiger partial charge on any atom is 0.224 e. The first-order valence-electron chi connectivity index (χ1n) is 6.24.